The van der Waals surface area contributed by atoms with Crippen molar-refractivity contribution in [2.24, 2.45) is 0 Å². The summed E-state index contributed by atoms with van der Waals surface area (Å²) in [4.78, 5) is 22.6. The van der Waals surface area contributed by atoms with Crippen LogP contribution in [0.3, 0.4) is 0 Å². The molecule has 28 heavy (non-hydrogen) atoms. The van der Waals surface area contributed by atoms with Crippen molar-refractivity contribution in [3.8, 4) is 11.4 Å². The first-order valence-corrected chi connectivity index (χ1v) is 9.14. The number of carbonyl (C=O) groups excluding carboxylic acids is 1. The Morgan fingerprint density at radius 2 is 1.82 bits per heavy atom. The van der Waals surface area contributed by atoms with Gasteiger partial charge in [-0.1, -0.05) is 47.6 Å². The van der Waals surface area contributed by atoms with E-state index < -0.39 is 0 Å². The van der Waals surface area contributed by atoms with E-state index in [0.717, 1.165) is 11.1 Å². The van der Waals surface area contributed by atoms with Crippen LogP contribution in [0, 0.1) is 0 Å². The number of benzene rings is 2. The van der Waals surface area contributed by atoms with Gasteiger partial charge in [0.2, 0.25) is 17.6 Å². The van der Waals surface area contributed by atoms with Gasteiger partial charge in [0.1, 0.15) is 0 Å². The van der Waals surface area contributed by atoms with E-state index in [0.29, 0.717) is 31.1 Å². The van der Waals surface area contributed by atoms with Gasteiger partial charge in [-0.05, 0) is 28.5 Å². The molecule has 0 unspecified atom stereocenters. The van der Waals surface area contributed by atoms with E-state index in [1.165, 1.54) is 10.8 Å². The SMILES string of the molecule is CN(Cc1cccc2ccccc12)C(=O)CCc1nc(-c2ccncc2)no1. The molecule has 6 heteroatoms. The van der Waals surface area contributed by atoms with Crippen LogP contribution in [0.15, 0.2) is 71.5 Å². The molecule has 4 rings (SSSR count). The number of hydrogen-bond donors (Lipinski definition) is 0. The summed E-state index contributed by atoms with van der Waals surface area (Å²) in [5, 5.41) is 6.32. The lowest BCUT2D eigenvalue weighted by atomic mass is 10.0. The second kappa shape index (κ2) is 8.00. The maximum absolute atomic E-state index is 12.6. The Kier molecular flexibility index (Phi) is 5.10. The Labute approximate surface area is 162 Å². The smallest absolute Gasteiger partial charge is 0.227 e. The second-order valence-electron chi connectivity index (χ2n) is 6.64. The topological polar surface area (TPSA) is 72.1 Å². The number of fused-ring (bicyclic) bond motifs is 1. The van der Waals surface area contributed by atoms with Crippen LogP contribution in [0.25, 0.3) is 22.2 Å². The minimum absolute atomic E-state index is 0.0385. The molecule has 1 amide bonds. The van der Waals surface area contributed by atoms with Crippen LogP contribution in [-0.4, -0.2) is 33.0 Å². The molecule has 0 fully saturated rings. The van der Waals surface area contributed by atoms with E-state index >= 15 is 0 Å². The van der Waals surface area contributed by atoms with Gasteiger partial charge in [-0.15, -0.1) is 0 Å². The molecule has 0 bridgehead atoms. The summed E-state index contributed by atoms with van der Waals surface area (Å²) in [6.07, 6.45) is 4.09. The lowest BCUT2D eigenvalue weighted by Crippen LogP contribution is -2.26. The number of aryl methyl sites for hydroxylation is 1. The fraction of sp³-hybridized carbons (Fsp3) is 0.182. The van der Waals surface area contributed by atoms with Crippen LogP contribution in [-0.2, 0) is 17.8 Å². The first-order chi connectivity index (χ1) is 13.7. The Bertz CT molecular complexity index is 1090. The fourth-order valence-electron chi connectivity index (χ4n) is 3.15. The van der Waals surface area contributed by atoms with Gasteiger partial charge in [0.15, 0.2) is 0 Å². The number of hydrogen-bond acceptors (Lipinski definition) is 5. The normalized spacial score (nSPS) is 10.9. The molecule has 0 aliphatic carbocycles. The summed E-state index contributed by atoms with van der Waals surface area (Å²) in [6, 6.07) is 18.0. The van der Waals surface area contributed by atoms with Crippen molar-refractivity contribution >= 4 is 16.7 Å². The van der Waals surface area contributed by atoms with Crippen LogP contribution >= 0.6 is 0 Å². The highest BCUT2D eigenvalue weighted by atomic mass is 16.5. The van der Waals surface area contributed by atoms with E-state index in [1.54, 1.807) is 17.3 Å². The first kappa shape index (κ1) is 17.9. The molecule has 0 spiro atoms. The molecular formula is C22H20N4O2. The van der Waals surface area contributed by atoms with Gasteiger partial charge < -0.3 is 9.42 Å². The van der Waals surface area contributed by atoms with Crippen molar-refractivity contribution in [2.75, 3.05) is 7.05 Å². The number of rotatable bonds is 6. The molecule has 140 valence electrons. The number of nitrogens with zero attached hydrogens (tertiary/aromatic N) is 4. The van der Waals surface area contributed by atoms with Crippen molar-refractivity contribution in [1.29, 1.82) is 0 Å². The fourth-order valence-corrected chi connectivity index (χ4v) is 3.15. The van der Waals surface area contributed by atoms with Crippen LogP contribution in [0.2, 0.25) is 0 Å². The highest BCUT2D eigenvalue weighted by molar-refractivity contribution is 5.86. The Hall–Kier alpha value is -3.54. The van der Waals surface area contributed by atoms with Gasteiger partial charge in [-0.2, -0.15) is 4.98 Å². The first-order valence-electron chi connectivity index (χ1n) is 9.14. The maximum Gasteiger partial charge on any atom is 0.227 e. The molecule has 0 radical (unpaired) electrons. The minimum atomic E-state index is 0.0385. The largest absolute Gasteiger partial charge is 0.341 e. The molecule has 0 saturated heterocycles. The summed E-state index contributed by atoms with van der Waals surface area (Å²) in [5.41, 5.74) is 1.97. The zero-order valence-corrected chi connectivity index (χ0v) is 15.6. The van der Waals surface area contributed by atoms with E-state index in [1.807, 2.05) is 37.4 Å². The summed E-state index contributed by atoms with van der Waals surface area (Å²) in [7, 11) is 1.82. The quantitative estimate of drug-likeness (QED) is 0.514. The molecular weight excluding hydrogens is 352 g/mol. The second-order valence-corrected chi connectivity index (χ2v) is 6.64. The third-order valence-corrected chi connectivity index (χ3v) is 4.67. The average Bonchev–Trinajstić information content (AvgIpc) is 3.22. The standard InChI is InChI=1S/C22H20N4O2/c1-26(15-18-7-4-6-16-5-2-3-8-19(16)18)21(27)10-9-20-24-22(25-28-20)17-11-13-23-14-12-17/h2-8,11-14H,9-10,15H2,1H3. The summed E-state index contributed by atoms with van der Waals surface area (Å²) in [6.45, 7) is 0.562. The van der Waals surface area contributed by atoms with Crippen LogP contribution in [0.4, 0.5) is 0 Å². The zero-order chi connectivity index (χ0) is 19.3. The van der Waals surface area contributed by atoms with E-state index in [2.05, 4.69) is 39.4 Å². The van der Waals surface area contributed by atoms with Crippen molar-refractivity contribution in [2.45, 2.75) is 19.4 Å². The monoisotopic (exact) mass is 372 g/mol. The molecule has 0 aliphatic heterocycles. The molecule has 2 heterocycles. The van der Waals surface area contributed by atoms with Gasteiger partial charge in [-0.25, -0.2) is 0 Å². The van der Waals surface area contributed by atoms with Gasteiger partial charge >= 0.3 is 0 Å². The van der Waals surface area contributed by atoms with E-state index in [9.17, 15) is 4.79 Å². The van der Waals surface area contributed by atoms with E-state index in [4.69, 9.17) is 4.52 Å². The zero-order valence-electron chi connectivity index (χ0n) is 15.6. The molecule has 4 aromatic rings. The predicted molar refractivity (Wildman–Crippen MR) is 106 cm³/mol. The lowest BCUT2D eigenvalue weighted by molar-refractivity contribution is -0.130. The Morgan fingerprint density at radius 3 is 2.68 bits per heavy atom. The number of carbonyl (C=O) groups is 1. The molecule has 0 N–H and O–H groups in total. The van der Waals surface area contributed by atoms with Gasteiger partial charge in [0, 0.05) is 44.4 Å². The van der Waals surface area contributed by atoms with E-state index in [-0.39, 0.29) is 5.91 Å². The number of pyridine rings is 1. The van der Waals surface area contributed by atoms with Crippen LogP contribution in [0.5, 0.6) is 0 Å². The van der Waals surface area contributed by atoms with Gasteiger partial charge in [0.25, 0.3) is 0 Å². The number of aromatic nitrogens is 3. The van der Waals surface area contributed by atoms with Gasteiger partial charge in [0.05, 0.1) is 0 Å². The Morgan fingerprint density at radius 1 is 1.04 bits per heavy atom. The third-order valence-electron chi connectivity index (χ3n) is 4.67. The minimum Gasteiger partial charge on any atom is -0.341 e. The van der Waals surface area contributed by atoms with Crippen molar-refractivity contribution in [3.63, 3.8) is 0 Å². The highest BCUT2D eigenvalue weighted by Crippen LogP contribution is 2.20. The molecule has 0 atom stereocenters. The highest BCUT2D eigenvalue weighted by Gasteiger charge is 2.14. The Balaban J connectivity index is 1.38. The number of amides is 1. The third kappa shape index (κ3) is 3.91. The lowest BCUT2D eigenvalue weighted by Gasteiger charge is -2.18. The molecule has 0 saturated carbocycles. The maximum atomic E-state index is 12.6. The van der Waals surface area contributed by atoms with Crippen molar-refractivity contribution in [1.82, 2.24) is 20.0 Å². The molecule has 0 aliphatic rings. The summed E-state index contributed by atoms with van der Waals surface area (Å²) >= 11 is 0. The molecule has 2 aromatic heterocycles. The van der Waals surface area contributed by atoms with Crippen molar-refractivity contribution in [3.05, 3.63) is 78.4 Å². The van der Waals surface area contributed by atoms with Crippen LogP contribution < -0.4 is 0 Å². The molecule has 6 nitrogen and oxygen atoms in total. The van der Waals surface area contributed by atoms with Crippen LogP contribution in [0.1, 0.15) is 17.9 Å². The summed E-state index contributed by atoms with van der Waals surface area (Å²) in [5.74, 6) is 1.00. The van der Waals surface area contributed by atoms with Crippen molar-refractivity contribution < 1.29 is 9.32 Å². The summed E-state index contributed by atoms with van der Waals surface area (Å²) < 4.78 is 5.27. The predicted octanol–water partition coefficient (Wildman–Crippen LogP) is 3.88. The average molecular weight is 372 g/mol. The van der Waals surface area contributed by atoms with Gasteiger partial charge in [-0.3, -0.25) is 9.78 Å². The molecule has 2 aromatic carbocycles.